The van der Waals surface area contributed by atoms with E-state index in [-0.39, 0.29) is 31.1 Å². The molecule has 416 valence electrons. The minimum Gasteiger partial charge on any atom is -0.462 e. The number of hydrogen-bond donors (Lipinski definition) is 0. The molecule has 6 nitrogen and oxygen atoms in total. The molecule has 0 spiro atoms. The summed E-state index contributed by atoms with van der Waals surface area (Å²) in [6, 6.07) is 0. The predicted molar refractivity (Wildman–Crippen MR) is 316 cm³/mol. The van der Waals surface area contributed by atoms with Crippen molar-refractivity contribution in [2.75, 3.05) is 13.2 Å². The Hall–Kier alpha value is -3.93. The Morgan fingerprint density at radius 1 is 0.288 bits per heavy atom. The molecule has 1 unspecified atom stereocenters. The van der Waals surface area contributed by atoms with Crippen molar-refractivity contribution in [1.82, 2.24) is 0 Å². The van der Waals surface area contributed by atoms with Crippen LogP contribution < -0.4 is 0 Å². The number of carbonyl (C=O) groups excluding carboxylic acids is 3. The molecule has 0 saturated carbocycles. The summed E-state index contributed by atoms with van der Waals surface area (Å²) in [6.07, 6.45) is 82.3. The van der Waals surface area contributed by atoms with Crippen LogP contribution in [0, 0.1) is 0 Å². The molecule has 0 aromatic heterocycles. The zero-order valence-electron chi connectivity index (χ0n) is 47.6. The first-order chi connectivity index (χ1) is 36.0. The Morgan fingerprint density at radius 2 is 0.548 bits per heavy atom. The average Bonchev–Trinajstić information content (AvgIpc) is 3.39. The van der Waals surface area contributed by atoms with Crippen LogP contribution in [0.3, 0.4) is 0 Å². The number of rotatable bonds is 54. The van der Waals surface area contributed by atoms with Crippen molar-refractivity contribution in [3.8, 4) is 0 Å². The lowest BCUT2D eigenvalue weighted by molar-refractivity contribution is -0.167. The molecular weight excluding hydrogens is 901 g/mol. The van der Waals surface area contributed by atoms with Crippen molar-refractivity contribution in [1.29, 1.82) is 0 Å². The first-order valence-corrected chi connectivity index (χ1v) is 30.4. The second kappa shape index (κ2) is 60.6. The summed E-state index contributed by atoms with van der Waals surface area (Å²) in [5.41, 5.74) is 0. The highest BCUT2D eigenvalue weighted by atomic mass is 16.6. The summed E-state index contributed by atoms with van der Waals surface area (Å²) in [4.78, 5) is 38.2. The summed E-state index contributed by atoms with van der Waals surface area (Å²) >= 11 is 0. The second-order valence-electron chi connectivity index (χ2n) is 19.9. The SMILES string of the molecule is CC/C=C\C/C=C\C/C=C\C/C=C\C/C=C\C/C=C\C/C=C\CCCCCCCC(=O)OCC(COC(=O)CCCCCCC/C=C\CCCC)OC(=O)CCCCCCCCC/C=C\CCCCCCCC. The van der Waals surface area contributed by atoms with E-state index in [1.54, 1.807) is 0 Å². The maximum absolute atomic E-state index is 12.9. The number of allylic oxidation sites excluding steroid dienone is 18. The minimum atomic E-state index is -0.793. The van der Waals surface area contributed by atoms with Gasteiger partial charge < -0.3 is 14.2 Å². The molecule has 0 aliphatic rings. The molecule has 73 heavy (non-hydrogen) atoms. The van der Waals surface area contributed by atoms with Crippen LogP contribution in [-0.4, -0.2) is 37.2 Å². The molecule has 0 aromatic rings. The molecule has 0 N–H and O–H groups in total. The topological polar surface area (TPSA) is 78.9 Å². The summed E-state index contributed by atoms with van der Waals surface area (Å²) in [5.74, 6) is -0.922. The third-order valence-electron chi connectivity index (χ3n) is 12.7. The monoisotopic (exact) mass is 1010 g/mol. The van der Waals surface area contributed by atoms with Crippen molar-refractivity contribution in [2.45, 2.75) is 284 Å². The zero-order chi connectivity index (χ0) is 52.9. The van der Waals surface area contributed by atoms with Crippen LogP contribution in [0.15, 0.2) is 109 Å². The first-order valence-electron chi connectivity index (χ1n) is 30.4. The lowest BCUT2D eigenvalue weighted by atomic mass is 10.1. The Labute approximate surface area is 450 Å². The lowest BCUT2D eigenvalue weighted by Crippen LogP contribution is -2.30. The van der Waals surface area contributed by atoms with E-state index in [4.69, 9.17) is 14.2 Å². The fourth-order valence-corrected chi connectivity index (χ4v) is 8.16. The Bertz CT molecular complexity index is 1490. The summed E-state index contributed by atoms with van der Waals surface area (Å²) < 4.78 is 16.8. The maximum Gasteiger partial charge on any atom is 0.306 e. The van der Waals surface area contributed by atoms with Gasteiger partial charge in [0.25, 0.3) is 0 Å². The summed E-state index contributed by atoms with van der Waals surface area (Å²) in [7, 11) is 0. The van der Waals surface area contributed by atoms with Gasteiger partial charge in [-0.3, -0.25) is 14.4 Å². The van der Waals surface area contributed by atoms with E-state index in [1.165, 1.54) is 103 Å². The van der Waals surface area contributed by atoms with Gasteiger partial charge in [0.15, 0.2) is 6.10 Å². The van der Waals surface area contributed by atoms with Gasteiger partial charge in [-0.05, 0) is 122 Å². The van der Waals surface area contributed by atoms with Crippen molar-refractivity contribution in [3.05, 3.63) is 109 Å². The second-order valence-corrected chi connectivity index (χ2v) is 19.9. The van der Waals surface area contributed by atoms with Gasteiger partial charge in [-0.15, -0.1) is 0 Å². The standard InChI is InChI=1S/C67H112O6/c1-4-7-10-13-16-19-22-24-26-28-29-30-31-32-33-34-35-36-37-39-40-42-45-48-51-54-57-60-66(69)72-63-64(62-71-65(68)59-56-53-50-47-44-21-18-15-12-9-6-3)73-67(70)61-58-55-52-49-46-43-41-38-27-25-23-20-17-14-11-8-5-2/h7,10,15-16,18-19,24-27,29-30,32-33,35-36,39-40,64H,4-6,8-9,11-14,17,20-23,28,31,34,37-38,41-63H2,1-3H3/b10-7-,18-15-,19-16-,26-24-,27-25-,30-29-,33-32-,36-35-,40-39-. The van der Waals surface area contributed by atoms with Crippen molar-refractivity contribution < 1.29 is 28.6 Å². The molecule has 0 aliphatic carbocycles. The average molecular weight is 1010 g/mol. The molecule has 0 bridgehead atoms. The van der Waals surface area contributed by atoms with Gasteiger partial charge in [-0.1, -0.05) is 246 Å². The zero-order valence-corrected chi connectivity index (χ0v) is 47.6. The van der Waals surface area contributed by atoms with Gasteiger partial charge in [0.1, 0.15) is 13.2 Å². The van der Waals surface area contributed by atoms with E-state index in [0.717, 1.165) is 135 Å². The Balaban J connectivity index is 4.35. The highest BCUT2D eigenvalue weighted by molar-refractivity contribution is 5.71. The van der Waals surface area contributed by atoms with Crippen molar-refractivity contribution >= 4 is 17.9 Å². The normalized spacial score (nSPS) is 12.9. The number of ether oxygens (including phenoxy) is 3. The first kappa shape index (κ1) is 69.1. The fraction of sp³-hybridized carbons (Fsp3) is 0.687. The summed E-state index contributed by atoms with van der Waals surface area (Å²) in [5, 5.41) is 0. The molecule has 0 heterocycles. The van der Waals surface area contributed by atoms with E-state index in [9.17, 15) is 14.4 Å². The van der Waals surface area contributed by atoms with Gasteiger partial charge in [-0.2, -0.15) is 0 Å². The number of hydrogen-bond acceptors (Lipinski definition) is 6. The quantitative estimate of drug-likeness (QED) is 0.0261. The van der Waals surface area contributed by atoms with Crippen LogP contribution in [-0.2, 0) is 28.6 Å². The molecule has 6 heteroatoms. The molecule has 0 amide bonds. The van der Waals surface area contributed by atoms with Gasteiger partial charge in [0.2, 0.25) is 0 Å². The van der Waals surface area contributed by atoms with E-state index >= 15 is 0 Å². The molecule has 0 aliphatic heterocycles. The van der Waals surface area contributed by atoms with Crippen molar-refractivity contribution in [3.63, 3.8) is 0 Å². The molecule has 0 saturated heterocycles. The molecule has 1 atom stereocenters. The third-order valence-corrected chi connectivity index (χ3v) is 12.7. The van der Waals surface area contributed by atoms with E-state index in [2.05, 4.69) is 130 Å². The Kier molecular flexibility index (Phi) is 57.4. The van der Waals surface area contributed by atoms with Gasteiger partial charge >= 0.3 is 17.9 Å². The van der Waals surface area contributed by atoms with Crippen LogP contribution in [0.4, 0.5) is 0 Å². The fourth-order valence-electron chi connectivity index (χ4n) is 8.16. The molecular formula is C67H112O6. The largest absolute Gasteiger partial charge is 0.462 e. The van der Waals surface area contributed by atoms with Crippen LogP contribution in [0.25, 0.3) is 0 Å². The van der Waals surface area contributed by atoms with Crippen LogP contribution in [0.2, 0.25) is 0 Å². The highest BCUT2D eigenvalue weighted by Gasteiger charge is 2.19. The summed E-state index contributed by atoms with van der Waals surface area (Å²) in [6.45, 7) is 6.46. The maximum atomic E-state index is 12.9. The van der Waals surface area contributed by atoms with Crippen LogP contribution in [0.1, 0.15) is 278 Å². The third kappa shape index (κ3) is 58.8. The molecule has 0 radical (unpaired) electrons. The van der Waals surface area contributed by atoms with E-state index in [0.29, 0.717) is 19.3 Å². The highest BCUT2D eigenvalue weighted by Crippen LogP contribution is 2.15. The van der Waals surface area contributed by atoms with Crippen molar-refractivity contribution in [2.24, 2.45) is 0 Å². The minimum absolute atomic E-state index is 0.0910. The van der Waals surface area contributed by atoms with Gasteiger partial charge in [-0.25, -0.2) is 0 Å². The smallest absolute Gasteiger partial charge is 0.306 e. The lowest BCUT2D eigenvalue weighted by Gasteiger charge is -2.18. The van der Waals surface area contributed by atoms with E-state index in [1.807, 2.05) is 0 Å². The Morgan fingerprint density at radius 3 is 0.890 bits per heavy atom. The number of esters is 3. The van der Waals surface area contributed by atoms with Crippen LogP contribution >= 0.6 is 0 Å². The molecule has 0 fully saturated rings. The molecule has 0 aromatic carbocycles. The van der Waals surface area contributed by atoms with Gasteiger partial charge in [0, 0.05) is 19.3 Å². The van der Waals surface area contributed by atoms with Crippen LogP contribution in [0.5, 0.6) is 0 Å². The van der Waals surface area contributed by atoms with E-state index < -0.39 is 6.10 Å². The molecule has 0 rings (SSSR count). The predicted octanol–water partition coefficient (Wildman–Crippen LogP) is 20.7. The number of unbranched alkanes of at least 4 members (excludes halogenated alkanes) is 25. The van der Waals surface area contributed by atoms with Gasteiger partial charge in [0.05, 0.1) is 0 Å². The number of carbonyl (C=O) groups is 3.